The van der Waals surface area contributed by atoms with Gasteiger partial charge in [-0.25, -0.2) is 9.78 Å². The Labute approximate surface area is 129 Å². The van der Waals surface area contributed by atoms with Crippen molar-refractivity contribution >= 4 is 5.97 Å². The zero-order chi connectivity index (χ0) is 15.5. The van der Waals surface area contributed by atoms with E-state index >= 15 is 0 Å². The van der Waals surface area contributed by atoms with Crippen LogP contribution in [0.2, 0.25) is 0 Å². The number of hydrogen-bond acceptors (Lipinski definition) is 4. The molecule has 1 aromatic heterocycles. The summed E-state index contributed by atoms with van der Waals surface area (Å²) in [6, 6.07) is 8.56. The fourth-order valence-electron chi connectivity index (χ4n) is 2.88. The predicted octanol–water partition coefficient (Wildman–Crippen LogP) is 3.00. The lowest BCUT2D eigenvalue weighted by Gasteiger charge is -2.24. The van der Waals surface area contributed by atoms with Crippen LogP contribution in [0.25, 0.3) is 11.3 Å². The predicted molar refractivity (Wildman–Crippen MR) is 83.6 cm³/mol. The molecule has 0 spiro atoms. The summed E-state index contributed by atoms with van der Waals surface area (Å²) in [6.07, 6.45) is 5.40. The van der Waals surface area contributed by atoms with E-state index in [1.165, 1.54) is 24.6 Å². The highest BCUT2D eigenvalue weighted by Crippen LogP contribution is 2.26. The third kappa shape index (κ3) is 2.99. The van der Waals surface area contributed by atoms with E-state index in [1.807, 2.05) is 12.1 Å². The van der Waals surface area contributed by atoms with Crippen LogP contribution in [0.5, 0.6) is 0 Å². The van der Waals surface area contributed by atoms with Gasteiger partial charge in [0.05, 0.1) is 18.1 Å². The Balaban J connectivity index is 1.81. The average Bonchev–Trinajstić information content (AvgIpc) is 3.09. The second kappa shape index (κ2) is 6.23. The van der Waals surface area contributed by atoms with E-state index in [0.717, 1.165) is 18.7 Å². The minimum Gasteiger partial charge on any atom is -0.476 e. The lowest BCUT2D eigenvalue weighted by atomic mass is 10.0. The molecule has 2 heterocycles. The number of aromatic carboxylic acids is 1. The number of likely N-dealkylation sites (tertiary alicyclic amines) is 1. The number of carboxylic acid groups (broad SMARTS) is 1. The number of carboxylic acids is 1. The molecule has 0 unspecified atom stereocenters. The third-order valence-corrected chi connectivity index (χ3v) is 4.23. The lowest BCUT2D eigenvalue weighted by Crippen LogP contribution is -2.23. The molecule has 1 saturated heterocycles. The van der Waals surface area contributed by atoms with E-state index in [9.17, 15) is 4.79 Å². The molecule has 1 fully saturated rings. The van der Waals surface area contributed by atoms with Gasteiger partial charge in [0.25, 0.3) is 0 Å². The summed E-state index contributed by atoms with van der Waals surface area (Å²) in [5.41, 5.74) is 2.70. The van der Waals surface area contributed by atoms with Crippen molar-refractivity contribution in [2.75, 3.05) is 13.1 Å². The maximum Gasteiger partial charge on any atom is 0.356 e. The van der Waals surface area contributed by atoms with Crippen LogP contribution in [-0.2, 0) is 0 Å². The molecule has 0 aliphatic carbocycles. The molecule has 1 N–H and O–H groups in total. The summed E-state index contributed by atoms with van der Waals surface area (Å²) < 4.78 is 0. The highest BCUT2D eigenvalue weighted by molar-refractivity contribution is 5.85. The van der Waals surface area contributed by atoms with Crippen LogP contribution < -0.4 is 0 Å². The molecule has 0 saturated carbocycles. The average molecular weight is 297 g/mol. The summed E-state index contributed by atoms with van der Waals surface area (Å²) in [6.45, 7) is 4.55. The smallest absolute Gasteiger partial charge is 0.356 e. The van der Waals surface area contributed by atoms with Gasteiger partial charge in [-0.1, -0.05) is 24.3 Å². The molecule has 1 aliphatic rings. The Bertz CT molecular complexity index is 664. The van der Waals surface area contributed by atoms with Crippen LogP contribution in [0, 0.1) is 0 Å². The van der Waals surface area contributed by atoms with Crippen molar-refractivity contribution in [3.05, 3.63) is 47.9 Å². The molecule has 1 aliphatic heterocycles. The standard InChI is InChI=1S/C17H19N3O2/c1-12(20-8-2-3-9-20)13-4-6-14(7-5-13)15-10-18-11-16(19-15)17(21)22/h4-7,10-12H,2-3,8-9H2,1H3,(H,21,22)/t12-/m0/s1. The maximum absolute atomic E-state index is 11.0. The Morgan fingerprint density at radius 2 is 1.86 bits per heavy atom. The van der Waals surface area contributed by atoms with Gasteiger partial charge in [0.1, 0.15) is 0 Å². The van der Waals surface area contributed by atoms with Crippen molar-refractivity contribution in [3.63, 3.8) is 0 Å². The fraction of sp³-hybridized carbons (Fsp3) is 0.353. The Kier molecular flexibility index (Phi) is 4.15. The number of hydrogen-bond donors (Lipinski definition) is 1. The maximum atomic E-state index is 11.0. The quantitative estimate of drug-likeness (QED) is 0.939. The van der Waals surface area contributed by atoms with Crippen molar-refractivity contribution in [2.24, 2.45) is 0 Å². The van der Waals surface area contributed by atoms with E-state index in [2.05, 4.69) is 33.9 Å². The Morgan fingerprint density at radius 1 is 1.18 bits per heavy atom. The van der Waals surface area contributed by atoms with Crippen LogP contribution in [0.1, 0.15) is 41.9 Å². The minimum absolute atomic E-state index is 0.0352. The van der Waals surface area contributed by atoms with Gasteiger partial charge in [0, 0.05) is 11.6 Å². The molecule has 1 atom stereocenters. The van der Waals surface area contributed by atoms with Gasteiger partial charge in [0.15, 0.2) is 5.69 Å². The van der Waals surface area contributed by atoms with Crippen molar-refractivity contribution in [1.29, 1.82) is 0 Å². The first-order valence-corrected chi connectivity index (χ1v) is 7.55. The highest BCUT2D eigenvalue weighted by Gasteiger charge is 2.19. The summed E-state index contributed by atoms with van der Waals surface area (Å²) in [5, 5.41) is 8.99. The van der Waals surface area contributed by atoms with Crippen molar-refractivity contribution < 1.29 is 9.90 Å². The van der Waals surface area contributed by atoms with Crippen LogP contribution >= 0.6 is 0 Å². The van der Waals surface area contributed by atoms with Crippen molar-refractivity contribution in [3.8, 4) is 11.3 Å². The molecule has 5 nitrogen and oxygen atoms in total. The van der Waals surface area contributed by atoms with Gasteiger partial charge in [-0.3, -0.25) is 9.88 Å². The number of nitrogens with zero attached hydrogens (tertiary/aromatic N) is 3. The molecule has 114 valence electrons. The van der Waals surface area contributed by atoms with Gasteiger partial charge in [-0.05, 0) is 38.4 Å². The van der Waals surface area contributed by atoms with E-state index in [0.29, 0.717) is 11.7 Å². The lowest BCUT2D eigenvalue weighted by molar-refractivity contribution is 0.0690. The second-order valence-corrected chi connectivity index (χ2v) is 5.64. The topological polar surface area (TPSA) is 66.3 Å². The molecule has 2 aromatic rings. The molecule has 22 heavy (non-hydrogen) atoms. The Morgan fingerprint density at radius 3 is 2.50 bits per heavy atom. The zero-order valence-electron chi connectivity index (χ0n) is 12.6. The second-order valence-electron chi connectivity index (χ2n) is 5.64. The molecular formula is C17H19N3O2. The van der Waals surface area contributed by atoms with Crippen LogP contribution in [-0.4, -0.2) is 39.0 Å². The van der Waals surface area contributed by atoms with E-state index in [-0.39, 0.29) is 5.69 Å². The monoisotopic (exact) mass is 297 g/mol. The molecule has 5 heteroatoms. The number of benzene rings is 1. The molecular weight excluding hydrogens is 278 g/mol. The molecule has 3 rings (SSSR count). The van der Waals surface area contributed by atoms with Crippen LogP contribution in [0.4, 0.5) is 0 Å². The minimum atomic E-state index is -1.06. The van der Waals surface area contributed by atoms with Crippen LogP contribution in [0.3, 0.4) is 0 Å². The number of aromatic nitrogens is 2. The summed E-state index contributed by atoms with van der Waals surface area (Å²) in [5.74, 6) is -1.06. The molecule has 0 bridgehead atoms. The van der Waals surface area contributed by atoms with Crippen LogP contribution in [0.15, 0.2) is 36.7 Å². The normalized spacial score (nSPS) is 16.6. The first-order chi connectivity index (χ1) is 10.6. The van der Waals surface area contributed by atoms with Gasteiger partial charge >= 0.3 is 5.97 Å². The van der Waals surface area contributed by atoms with Gasteiger partial charge in [-0.15, -0.1) is 0 Å². The largest absolute Gasteiger partial charge is 0.476 e. The summed E-state index contributed by atoms with van der Waals surface area (Å²) in [4.78, 5) is 21.5. The van der Waals surface area contributed by atoms with Crippen molar-refractivity contribution in [1.82, 2.24) is 14.9 Å². The van der Waals surface area contributed by atoms with Gasteiger partial charge in [-0.2, -0.15) is 0 Å². The SMILES string of the molecule is C[C@@H](c1ccc(-c2cncc(C(=O)O)n2)cc1)N1CCCC1. The van der Waals surface area contributed by atoms with E-state index < -0.39 is 5.97 Å². The summed E-state index contributed by atoms with van der Waals surface area (Å²) in [7, 11) is 0. The summed E-state index contributed by atoms with van der Waals surface area (Å²) >= 11 is 0. The molecule has 1 aromatic carbocycles. The molecule has 0 radical (unpaired) electrons. The van der Waals surface area contributed by atoms with E-state index in [4.69, 9.17) is 5.11 Å². The zero-order valence-corrected chi connectivity index (χ0v) is 12.6. The number of rotatable bonds is 4. The van der Waals surface area contributed by atoms with Gasteiger partial charge in [0.2, 0.25) is 0 Å². The highest BCUT2D eigenvalue weighted by atomic mass is 16.4. The fourth-order valence-corrected chi connectivity index (χ4v) is 2.88. The Hall–Kier alpha value is -2.27. The first-order valence-electron chi connectivity index (χ1n) is 7.55. The third-order valence-electron chi connectivity index (χ3n) is 4.23. The first kappa shape index (κ1) is 14.7. The molecule has 0 amide bonds. The van der Waals surface area contributed by atoms with Crippen molar-refractivity contribution in [2.45, 2.75) is 25.8 Å². The van der Waals surface area contributed by atoms with E-state index in [1.54, 1.807) is 6.20 Å². The number of carbonyl (C=O) groups is 1. The van der Waals surface area contributed by atoms with Gasteiger partial charge < -0.3 is 5.11 Å².